The van der Waals surface area contributed by atoms with Crippen LogP contribution in [0.1, 0.15) is 24.0 Å². The second-order valence-corrected chi connectivity index (χ2v) is 4.51. The molecule has 1 aromatic rings. The van der Waals surface area contributed by atoms with Crippen molar-refractivity contribution in [3.05, 3.63) is 27.7 Å². The minimum atomic E-state index is 0.117. The molecule has 2 heterocycles. The van der Waals surface area contributed by atoms with Crippen LogP contribution in [0, 0.1) is 5.92 Å². The zero-order valence-corrected chi connectivity index (χ0v) is 8.70. The topological polar surface area (TPSA) is 46.9 Å². The number of fused-ring (bicyclic) bond motifs is 1. The number of nitrogens with zero attached hydrogens (tertiary/aromatic N) is 2. The lowest BCUT2D eigenvalue weighted by molar-refractivity contribution is 0.512. The van der Waals surface area contributed by atoms with Crippen molar-refractivity contribution in [3.8, 4) is 0 Å². The second kappa shape index (κ2) is 3.45. The summed E-state index contributed by atoms with van der Waals surface area (Å²) in [6.45, 7) is 2.48. The molecule has 15 heavy (non-hydrogen) atoms. The third-order valence-electron chi connectivity index (χ3n) is 3.23. The third-order valence-corrected chi connectivity index (χ3v) is 3.23. The number of hydrogen-bond acceptors (Lipinski definition) is 3. The van der Waals surface area contributed by atoms with E-state index in [0.717, 1.165) is 30.6 Å². The fourth-order valence-corrected chi connectivity index (χ4v) is 2.08. The van der Waals surface area contributed by atoms with Crippen LogP contribution in [0.3, 0.4) is 0 Å². The predicted octanol–water partition coefficient (Wildman–Crippen LogP) is 0.299. The highest BCUT2D eigenvalue weighted by molar-refractivity contribution is 5.23. The number of rotatable bonds is 2. The van der Waals surface area contributed by atoms with Crippen LogP contribution >= 0.6 is 0 Å². The third kappa shape index (κ3) is 1.69. The van der Waals surface area contributed by atoms with E-state index in [0.29, 0.717) is 12.5 Å². The van der Waals surface area contributed by atoms with Crippen LogP contribution in [0.25, 0.3) is 0 Å². The zero-order chi connectivity index (χ0) is 10.3. The first-order valence-corrected chi connectivity index (χ1v) is 5.63. The fourth-order valence-electron chi connectivity index (χ4n) is 2.08. The minimum absolute atomic E-state index is 0.117. The molecule has 1 N–H and O–H groups in total. The first-order chi connectivity index (χ1) is 7.34. The average Bonchev–Trinajstić information content (AvgIpc) is 3.07. The van der Waals surface area contributed by atoms with E-state index >= 15 is 0 Å². The van der Waals surface area contributed by atoms with E-state index in [-0.39, 0.29) is 5.56 Å². The summed E-state index contributed by atoms with van der Waals surface area (Å²) in [5, 5.41) is 7.48. The molecular weight excluding hydrogens is 190 g/mol. The first-order valence-electron chi connectivity index (χ1n) is 5.63. The Kier molecular flexibility index (Phi) is 2.09. The zero-order valence-electron chi connectivity index (χ0n) is 8.70. The van der Waals surface area contributed by atoms with Gasteiger partial charge in [0.2, 0.25) is 0 Å². The predicted molar refractivity (Wildman–Crippen MR) is 56.6 cm³/mol. The van der Waals surface area contributed by atoms with Crippen LogP contribution in [0.5, 0.6) is 0 Å². The monoisotopic (exact) mass is 205 g/mol. The average molecular weight is 205 g/mol. The van der Waals surface area contributed by atoms with E-state index < -0.39 is 0 Å². The van der Waals surface area contributed by atoms with Gasteiger partial charge in [-0.25, -0.2) is 4.68 Å². The SMILES string of the molecule is O=c1c2c(cnn1CC1CC1)CCNC2. The lowest BCUT2D eigenvalue weighted by Gasteiger charge is -2.16. The van der Waals surface area contributed by atoms with Gasteiger partial charge in [-0.1, -0.05) is 0 Å². The van der Waals surface area contributed by atoms with Gasteiger partial charge in [0.25, 0.3) is 5.56 Å². The summed E-state index contributed by atoms with van der Waals surface area (Å²) < 4.78 is 1.64. The van der Waals surface area contributed by atoms with E-state index in [2.05, 4.69) is 10.4 Å². The van der Waals surface area contributed by atoms with E-state index in [9.17, 15) is 4.79 Å². The Labute approximate surface area is 88.3 Å². The molecule has 0 amide bonds. The van der Waals surface area contributed by atoms with Gasteiger partial charge in [-0.15, -0.1) is 0 Å². The van der Waals surface area contributed by atoms with Crippen molar-refractivity contribution in [2.45, 2.75) is 32.4 Å². The van der Waals surface area contributed by atoms with Crippen LogP contribution in [0.2, 0.25) is 0 Å². The molecule has 1 fully saturated rings. The van der Waals surface area contributed by atoms with Crippen LogP contribution < -0.4 is 10.9 Å². The lowest BCUT2D eigenvalue weighted by atomic mass is 10.1. The lowest BCUT2D eigenvalue weighted by Crippen LogP contribution is -2.35. The largest absolute Gasteiger partial charge is 0.312 e. The van der Waals surface area contributed by atoms with Crippen LogP contribution in [-0.4, -0.2) is 16.3 Å². The normalized spacial score (nSPS) is 20.0. The van der Waals surface area contributed by atoms with Gasteiger partial charge >= 0.3 is 0 Å². The highest BCUT2D eigenvalue weighted by Crippen LogP contribution is 2.29. The molecule has 80 valence electrons. The molecule has 4 nitrogen and oxygen atoms in total. The Hall–Kier alpha value is -1.16. The van der Waals surface area contributed by atoms with Crippen LogP contribution in [0.4, 0.5) is 0 Å². The number of nitrogens with one attached hydrogen (secondary N) is 1. The van der Waals surface area contributed by atoms with Gasteiger partial charge in [0, 0.05) is 18.7 Å². The maximum Gasteiger partial charge on any atom is 0.271 e. The Morgan fingerprint density at radius 2 is 2.40 bits per heavy atom. The van der Waals surface area contributed by atoms with Crippen molar-refractivity contribution in [1.29, 1.82) is 0 Å². The van der Waals surface area contributed by atoms with Gasteiger partial charge in [-0.05, 0) is 37.3 Å². The summed E-state index contributed by atoms with van der Waals surface area (Å²) in [5.41, 5.74) is 2.18. The Bertz CT molecular complexity index is 434. The fraction of sp³-hybridized carbons (Fsp3) is 0.636. The standard InChI is InChI=1S/C11H15N3O/c15-11-10-6-12-4-3-9(10)5-13-14(11)7-8-1-2-8/h5,8,12H,1-4,6-7H2. The van der Waals surface area contributed by atoms with Crippen LogP contribution in [-0.2, 0) is 19.5 Å². The molecule has 1 aromatic heterocycles. The molecule has 2 aliphatic rings. The van der Waals surface area contributed by atoms with E-state index in [1.807, 2.05) is 6.20 Å². The van der Waals surface area contributed by atoms with Crippen molar-refractivity contribution in [1.82, 2.24) is 15.1 Å². The summed E-state index contributed by atoms with van der Waals surface area (Å²) >= 11 is 0. The summed E-state index contributed by atoms with van der Waals surface area (Å²) in [6, 6.07) is 0. The van der Waals surface area contributed by atoms with E-state index in [1.165, 1.54) is 12.8 Å². The summed E-state index contributed by atoms with van der Waals surface area (Å²) in [4.78, 5) is 12.0. The molecule has 0 unspecified atom stereocenters. The number of hydrogen-bond donors (Lipinski definition) is 1. The van der Waals surface area contributed by atoms with E-state index in [4.69, 9.17) is 0 Å². The highest BCUT2D eigenvalue weighted by atomic mass is 16.1. The van der Waals surface area contributed by atoms with Gasteiger partial charge in [-0.3, -0.25) is 4.79 Å². The van der Waals surface area contributed by atoms with Crippen LogP contribution in [0.15, 0.2) is 11.0 Å². The van der Waals surface area contributed by atoms with Crippen molar-refractivity contribution < 1.29 is 0 Å². The quantitative estimate of drug-likeness (QED) is 0.755. The van der Waals surface area contributed by atoms with E-state index in [1.54, 1.807) is 4.68 Å². The summed E-state index contributed by atoms with van der Waals surface area (Å²) in [5.74, 6) is 0.699. The Morgan fingerprint density at radius 1 is 1.53 bits per heavy atom. The smallest absolute Gasteiger partial charge is 0.271 e. The Balaban J connectivity index is 1.98. The van der Waals surface area contributed by atoms with Gasteiger partial charge in [0.1, 0.15) is 0 Å². The first kappa shape index (κ1) is 9.09. The Morgan fingerprint density at radius 3 is 3.20 bits per heavy atom. The molecule has 0 aromatic carbocycles. The van der Waals surface area contributed by atoms with Gasteiger partial charge < -0.3 is 5.32 Å². The molecule has 1 aliphatic carbocycles. The second-order valence-electron chi connectivity index (χ2n) is 4.51. The van der Waals surface area contributed by atoms with Crippen molar-refractivity contribution in [3.63, 3.8) is 0 Å². The molecule has 0 atom stereocenters. The van der Waals surface area contributed by atoms with Crippen molar-refractivity contribution in [2.75, 3.05) is 6.54 Å². The minimum Gasteiger partial charge on any atom is -0.312 e. The molecule has 0 spiro atoms. The maximum absolute atomic E-state index is 12.0. The molecule has 4 heteroatoms. The maximum atomic E-state index is 12.0. The van der Waals surface area contributed by atoms with Gasteiger partial charge in [0.05, 0.1) is 6.20 Å². The summed E-state index contributed by atoms with van der Waals surface area (Å²) in [7, 11) is 0. The molecule has 0 bridgehead atoms. The molecule has 0 radical (unpaired) electrons. The molecule has 0 saturated heterocycles. The molecule has 1 aliphatic heterocycles. The molecule has 3 rings (SSSR count). The van der Waals surface area contributed by atoms with Crippen molar-refractivity contribution in [2.24, 2.45) is 5.92 Å². The summed E-state index contributed by atoms with van der Waals surface area (Å²) in [6.07, 6.45) is 5.31. The van der Waals surface area contributed by atoms with Crippen molar-refractivity contribution >= 4 is 0 Å². The van der Waals surface area contributed by atoms with Gasteiger partial charge in [-0.2, -0.15) is 5.10 Å². The molecular formula is C11H15N3O. The highest BCUT2D eigenvalue weighted by Gasteiger charge is 2.24. The van der Waals surface area contributed by atoms with Gasteiger partial charge in [0.15, 0.2) is 0 Å². The molecule has 1 saturated carbocycles. The number of aromatic nitrogens is 2.